The van der Waals surface area contributed by atoms with E-state index in [9.17, 15) is 4.79 Å². The molecule has 16 heavy (non-hydrogen) atoms. The van der Waals surface area contributed by atoms with Crippen molar-refractivity contribution in [2.75, 3.05) is 20.2 Å². The number of nitrogens with one attached hydrogen (secondary N) is 1. The summed E-state index contributed by atoms with van der Waals surface area (Å²) in [6, 6.07) is 3.70. The number of carbonyl (C=O) groups excluding carboxylic acids is 1. The summed E-state index contributed by atoms with van der Waals surface area (Å²) in [6.45, 7) is 3.05. The number of nitrogens with zero attached hydrogens (tertiary/aromatic N) is 1. The molecule has 2 rings (SSSR count). The largest absolute Gasteiger partial charge is 0.464 e. The van der Waals surface area contributed by atoms with Crippen molar-refractivity contribution in [2.45, 2.75) is 19.4 Å². The number of piperidine rings is 1. The predicted molar refractivity (Wildman–Crippen MR) is 61.4 cm³/mol. The summed E-state index contributed by atoms with van der Waals surface area (Å²) in [6.07, 6.45) is 4.39. The van der Waals surface area contributed by atoms with E-state index >= 15 is 0 Å². The van der Waals surface area contributed by atoms with Crippen molar-refractivity contribution in [1.82, 2.24) is 9.88 Å². The molecule has 1 fully saturated rings. The van der Waals surface area contributed by atoms with E-state index in [1.54, 1.807) is 0 Å². The molecule has 1 aliphatic heterocycles. The van der Waals surface area contributed by atoms with Gasteiger partial charge in [0.2, 0.25) is 0 Å². The molecule has 1 aromatic rings. The Kier molecular flexibility index (Phi) is 3.62. The summed E-state index contributed by atoms with van der Waals surface area (Å²) >= 11 is 0. The van der Waals surface area contributed by atoms with Crippen LogP contribution in [0.15, 0.2) is 18.3 Å². The molecular weight excluding hydrogens is 204 g/mol. The number of hydrogen-bond acceptors (Lipinski definition) is 3. The molecule has 1 atom stereocenters. The van der Waals surface area contributed by atoms with E-state index < -0.39 is 0 Å². The zero-order valence-electron chi connectivity index (χ0n) is 9.61. The van der Waals surface area contributed by atoms with Gasteiger partial charge in [-0.15, -0.1) is 0 Å². The van der Waals surface area contributed by atoms with Gasteiger partial charge in [0.05, 0.1) is 7.11 Å². The predicted octanol–water partition coefficient (Wildman–Crippen LogP) is 1.27. The van der Waals surface area contributed by atoms with Crippen LogP contribution < -0.4 is 5.32 Å². The van der Waals surface area contributed by atoms with Gasteiger partial charge in [-0.05, 0) is 44.0 Å². The molecule has 1 saturated heterocycles. The smallest absolute Gasteiger partial charge is 0.354 e. The molecule has 0 bridgehead atoms. The highest BCUT2D eigenvalue weighted by Gasteiger charge is 2.17. The Hall–Kier alpha value is -1.29. The van der Waals surface area contributed by atoms with Gasteiger partial charge in [-0.3, -0.25) is 0 Å². The van der Waals surface area contributed by atoms with Crippen LogP contribution in [0.5, 0.6) is 0 Å². The van der Waals surface area contributed by atoms with E-state index in [0.29, 0.717) is 11.6 Å². The summed E-state index contributed by atoms with van der Waals surface area (Å²) in [5, 5.41) is 3.38. The van der Waals surface area contributed by atoms with Gasteiger partial charge in [0.15, 0.2) is 0 Å². The van der Waals surface area contributed by atoms with E-state index in [4.69, 9.17) is 4.74 Å². The van der Waals surface area contributed by atoms with Crippen LogP contribution in [0.1, 0.15) is 23.3 Å². The van der Waals surface area contributed by atoms with E-state index in [1.165, 1.54) is 20.0 Å². The maximum absolute atomic E-state index is 11.5. The average Bonchev–Trinajstić information content (AvgIpc) is 2.77. The maximum atomic E-state index is 11.5. The van der Waals surface area contributed by atoms with Crippen molar-refractivity contribution in [3.8, 4) is 0 Å². The van der Waals surface area contributed by atoms with Gasteiger partial charge in [0, 0.05) is 12.7 Å². The first-order valence-electron chi connectivity index (χ1n) is 5.75. The van der Waals surface area contributed by atoms with Gasteiger partial charge in [-0.1, -0.05) is 0 Å². The summed E-state index contributed by atoms with van der Waals surface area (Å²) in [4.78, 5) is 11.5. The SMILES string of the molecule is COC(=O)c1cccn1CC1CCCNC1. The fourth-order valence-corrected chi connectivity index (χ4v) is 2.22. The van der Waals surface area contributed by atoms with Gasteiger partial charge in [-0.25, -0.2) is 4.79 Å². The molecular formula is C12H18N2O2. The first-order chi connectivity index (χ1) is 7.81. The number of hydrogen-bond donors (Lipinski definition) is 1. The van der Waals surface area contributed by atoms with Gasteiger partial charge in [-0.2, -0.15) is 0 Å². The molecule has 1 aromatic heterocycles. The third-order valence-corrected chi connectivity index (χ3v) is 3.08. The van der Waals surface area contributed by atoms with Gasteiger partial charge in [0.25, 0.3) is 0 Å². The second-order valence-corrected chi connectivity index (χ2v) is 4.25. The summed E-state index contributed by atoms with van der Waals surface area (Å²) < 4.78 is 6.74. The minimum absolute atomic E-state index is 0.256. The number of methoxy groups -OCH3 is 1. The third kappa shape index (κ3) is 2.44. The lowest BCUT2D eigenvalue weighted by Gasteiger charge is -2.23. The highest BCUT2D eigenvalue weighted by atomic mass is 16.5. The lowest BCUT2D eigenvalue weighted by molar-refractivity contribution is 0.0587. The monoisotopic (exact) mass is 222 g/mol. The molecule has 2 heterocycles. The summed E-state index contributed by atoms with van der Waals surface area (Å²) in [5.41, 5.74) is 0.646. The van der Waals surface area contributed by atoms with Crippen molar-refractivity contribution in [3.63, 3.8) is 0 Å². The van der Waals surface area contributed by atoms with Crippen LogP contribution in [0.25, 0.3) is 0 Å². The average molecular weight is 222 g/mol. The molecule has 4 heteroatoms. The third-order valence-electron chi connectivity index (χ3n) is 3.08. The van der Waals surface area contributed by atoms with Crippen molar-refractivity contribution < 1.29 is 9.53 Å². The van der Waals surface area contributed by atoms with Gasteiger partial charge < -0.3 is 14.6 Å². The Balaban J connectivity index is 2.03. The number of ether oxygens (including phenoxy) is 1. The second kappa shape index (κ2) is 5.16. The Morgan fingerprint density at radius 3 is 3.25 bits per heavy atom. The molecule has 4 nitrogen and oxygen atoms in total. The van der Waals surface area contributed by atoms with E-state index in [0.717, 1.165) is 19.6 Å². The quantitative estimate of drug-likeness (QED) is 0.783. The number of aromatic nitrogens is 1. The highest BCUT2D eigenvalue weighted by molar-refractivity contribution is 5.87. The van der Waals surface area contributed by atoms with Crippen LogP contribution in [0.4, 0.5) is 0 Å². The van der Waals surface area contributed by atoms with Crippen molar-refractivity contribution in [3.05, 3.63) is 24.0 Å². The Morgan fingerprint density at radius 1 is 1.69 bits per heavy atom. The first-order valence-corrected chi connectivity index (χ1v) is 5.75. The minimum Gasteiger partial charge on any atom is -0.464 e. The van der Waals surface area contributed by atoms with E-state index in [1.807, 2.05) is 22.9 Å². The van der Waals surface area contributed by atoms with Crippen LogP contribution >= 0.6 is 0 Å². The van der Waals surface area contributed by atoms with Crippen molar-refractivity contribution >= 4 is 5.97 Å². The summed E-state index contributed by atoms with van der Waals surface area (Å²) in [7, 11) is 1.42. The molecule has 88 valence electrons. The molecule has 1 unspecified atom stereocenters. The Morgan fingerprint density at radius 2 is 2.56 bits per heavy atom. The standard InChI is InChI=1S/C12H18N2O2/c1-16-12(15)11-5-3-7-14(11)9-10-4-2-6-13-8-10/h3,5,7,10,13H,2,4,6,8-9H2,1H3. The highest BCUT2D eigenvalue weighted by Crippen LogP contribution is 2.14. The Bertz CT molecular complexity index is 354. The molecule has 0 aromatic carbocycles. The molecule has 1 N–H and O–H groups in total. The molecule has 0 aliphatic carbocycles. The zero-order valence-corrected chi connectivity index (χ0v) is 9.61. The molecule has 1 aliphatic rings. The molecule has 0 amide bonds. The molecule has 0 saturated carbocycles. The van der Waals surface area contributed by atoms with Crippen molar-refractivity contribution in [1.29, 1.82) is 0 Å². The van der Waals surface area contributed by atoms with Crippen LogP contribution in [-0.2, 0) is 11.3 Å². The van der Waals surface area contributed by atoms with E-state index in [-0.39, 0.29) is 5.97 Å². The van der Waals surface area contributed by atoms with Crippen LogP contribution in [-0.4, -0.2) is 30.7 Å². The molecule has 0 radical (unpaired) electrons. The fourth-order valence-electron chi connectivity index (χ4n) is 2.22. The van der Waals surface area contributed by atoms with Crippen LogP contribution in [0.2, 0.25) is 0 Å². The number of rotatable bonds is 3. The summed E-state index contributed by atoms with van der Waals surface area (Å²) in [5.74, 6) is 0.360. The van der Waals surface area contributed by atoms with E-state index in [2.05, 4.69) is 5.32 Å². The Labute approximate surface area is 95.6 Å². The van der Waals surface area contributed by atoms with Gasteiger partial charge >= 0.3 is 5.97 Å². The molecule has 0 spiro atoms. The fraction of sp³-hybridized carbons (Fsp3) is 0.583. The minimum atomic E-state index is -0.256. The first kappa shape index (κ1) is 11.2. The van der Waals surface area contributed by atoms with Crippen LogP contribution in [0, 0.1) is 5.92 Å². The lowest BCUT2D eigenvalue weighted by atomic mass is 10.00. The number of carbonyl (C=O) groups is 1. The van der Waals surface area contributed by atoms with Crippen molar-refractivity contribution in [2.24, 2.45) is 5.92 Å². The lowest BCUT2D eigenvalue weighted by Crippen LogP contribution is -2.32. The second-order valence-electron chi connectivity index (χ2n) is 4.25. The zero-order chi connectivity index (χ0) is 11.4. The normalized spacial score (nSPS) is 20.7. The topological polar surface area (TPSA) is 43.3 Å². The number of esters is 1. The van der Waals surface area contributed by atoms with Crippen LogP contribution in [0.3, 0.4) is 0 Å². The maximum Gasteiger partial charge on any atom is 0.354 e. The van der Waals surface area contributed by atoms with Gasteiger partial charge in [0.1, 0.15) is 5.69 Å².